The van der Waals surface area contributed by atoms with Crippen LogP contribution in [0.2, 0.25) is 0 Å². The predicted molar refractivity (Wildman–Crippen MR) is 56.4 cm³/mol. The zero-order chi connectivity index (χ0) is 11.3. The van der Waals surface area contributed by atoms with E-state index in [1.54, 1.807) is 19.1 Å². The number of amides is 1. The molecular weight excluding hydrogens is 196 g/mol. The summed E-state index contributed by atoms with van der Waals surface area (Å²) < 4.78 is 9.93. The SMILES string of the molecule is COCC1CCN(C(=O)C(N)COC)C1. The third-order valence-electron chi connectivity index (χ3n) is 2.66. The van der Waals surface area contributed by atoms with Crippen LogP contribution in [0.3, 0.4) is 0 Å². The highest BCUT2D eigenvalue weighted by Crippen LogP contribution is 2.16. The second-order valence-corrected chi connectivity index (χ2v) is 3.96. The first-order valence-corrected chi connectivity index (χ1v) is 5.21. The summed E-state index contributed by atoms with van der Waals surface area (Å²) in [6.07, 6.45) is 0.999. The smallest absolute Gasteiger partial charge is 0.241 e. The Balaban J connectivity index is 2.35. The number of nitrogens with two attached hydrogens (primary N) is 1. The molecule has 0 spiro atoms. The number of ether oxygens (including phenoxy) is 2. The summed E-state index contributed by atoms with van der Waals surface area (Å²) >= 11 is 0. The molecule has 1 heterocycles. The summed E-state index contributed by atoms with van der Waals surface area (Å²) in [5, 5.41) is 0. The van der Waals surface area contributed by atoms with Crippen LogP contribution in [0.5, 0.6) is 0 Å². The summed E-state index contributed by atoms with van der Waals surface area (Å²) in [5.74, 6) is 0.434. The van der Waals surface area contributed by atoms with Crippen molar-refractivity contribution in [2.75, 3.05) is 40.5 Å². The summed E-state index contributed by atoms with van der Waals surface area (Å²) in [7, 11) is 3.23. The van der Waals surface area contributed by atoms with E-state index >= 15 is 0 Å². The molecule has 0 aromatic heterocycles. The maximum Gasteiger partial charge on any atom is 0.241 e. The van der Waals surface area contributed by atoms with Crippen molar-refractivity contribution < 1.29 is 14.3 Å². The monoisotopic (exact) mass is 216 g/mol. The standard InChI is InChI=1S/C10H20N2O3/c1-14-6-8-3-4-12(5-8)10(13)9(11)7-15-2/h8-9H,3-7,11H2,1-2H3. The van der Waals surface area contributed by atoms with Crippen LogP contribution in [-0.2, 0) is 14.3 Å². The van der Waals surface area contributed by atoms with Gasteiger partial charge in [0.25, 0.3) is 0 Å². The van der Waals surface area contributed by atoms with Crippen LogP contribution in [0.15, 0.2) is 0 Å². The average molecular weight is 216 g/mol. The normalized spacial score (nSPS) is 23.1. The highest BCUT2D eigenvalue weighted by Gasteiger charge is 2.28. The van der Waals surface area contributed by atoms with Crippen molar-refractivity contribution >= 4 is 5.91 Å². The molecule has 1 amide bonds. The number of hydrogen-bond donors (Lipinski definition) is 1. The Morgan fingerprint density at radius 2 is 2.27 bits per heavy atom. The van der Waals surface area contributed by atoms with E-state index in [1.807, 2.05) is 0 Å². The Kier molecular flexibility index (Phi) is 5.01. The van der Waals surface area contributed by atoms with Gasteiger partial charge in [-0.3, -0.25) is 4.79 Å². The van der Waals surface area contributed by atoms with Gasteiger partial charge in [-0.1, -0.05) is 0 Å². The Hall–Kier alpha value is -0.650. The number of nitrogens with zero attached hydrogens (tertiary/aromatic N) is 1. The minimum Gasteiger partial charge on any atom is -0.384 e. The zero-order valence-electron chi connectivity index (χ0n) is 9.44. The lowest BCUT2D eigenvalue weighted by molar-refractivity contribution is -0.132. The fourth-order valence-corrected chi connectivity index (χ4v) is 1.89. The van der Waals surface area contributed by atoms with Gasteiger partial charge in [0, 0.05) is 33.2 Å². The van der Waals surface area contributed by atoms with Crippen molar-refractivity contribution in [3.05, 3.63) is 0 Å². The third-order valence-corrected chi connectivity index (χ3v) is 2.66. The van der Waals surface area contributed by atoms with E-state index in [0.717, 1.165) is 19.5 Å². The summed E-state index contributed by atoms with van der Waals surface area (Å²) in [5.41, 5.74) is 5.68. The van der Waals surface area contributed by atoms with Crippen LogP contribution in [-0.4, -0.2) is 57.4 Å². The predicted octanol–water partition coefficient (Wildman–Crippen LogP) is -0.545. The maximum atomic E-state index is 11.8. The number of carbonyl (C=O) groups is 1. The van der Waals surface area contributed by atoms with E-state index in [4.69, 9.17) is 15.2 Å². The highest BCUT2D eigenvalue weighted by molar-refractivity contribution is 5.82. The molecule has 0 bridgehead atoms. The lowest BCUT2D eigenvalue weighted by atomic mass is 10.1. The summed E-state index contributed by atoms with van der Waals surface area (Å²) in [6, 6.07) is -0.531. The van der Waals surface area contributed by atoms with Gasteiger partial charge in [-0.15, -0.1) is 0 Å². The van der Waals surface area contributed by atoms with Gasteiger partial charge in [0.1, 0.15) is 6.04 Å². The Morgan fingerprint density at radius 1 is 1.53 bits per heavy atom. The lowest BCUT2D eigenvalue weighted by Gasteiger charge is -2.20. The van der Waals surface area contributed by atoms with Gasteiger partial charge in [0.15, 0.2) is 0 Å². The van der Waals surface area contributed by atoms with E-state index in [1.165, 1.54) is 0 Å². The zero-order valence-corrected chi connectivity index (χ0v) is 9.44. The van der Waals surface area contributed by atoms with E-state index in [0.29, 0.717) is 12.5 Å². The first-order valence-electron chi connectivity index (χ1n) is 5.21. The molecule has 0 aromatic rings. The van der Waals surface area contributed by atoms with Crippen molar-refractivity contribution in [2.45, 2.75) is 12.5 Å². The van der Waals surface area contributed by atoms with Crippen molar-refractivity contribution in [2.24, 2.45) is 11.7 Å². The molecule has 1 saturated heterocycles. The molecule has 0 aromatic carbocycles. The van der Waals surface area contributed by atoms with Crippen molar-refractivity contribution in [1.29, 1.82) is 0 Å². The Bertz CT molecular complexity index is 211. The highest BCUT2D eigenvalue weighted by atomic mass is 16.5. The molecule has 1 rings (SSSR count). The number of likely N-dealkylation sites (tertiary alicyclic amines) is 1. The molecule has 2 unspecified atom stereocenters. The topological polar surface area (TPSA) is 64.8 Å². The second kappa shape index (κ2) is 6.05. The molecule has 2 atom stereocenters. The molecule has 1 aliphatic rings. The van der Waals surface area contributed by atoms with Gasteiger partial charge in [0.2, 0.25) is 5.91 Å². The molecule has 2 N–H and O–H groups in total. The van der Waals surface area contributed by atoms with Crippen LogP contribution < -0.4 is 5.73 Å². The lowest BCUT2D eigenvalue weighted by Crippen LogP contribution is -2.45. The van der Waals surface area contributed by atoms with Gasteiger partial charge in [0.05, 0.1) is 13.2 Å². The average Bonchev–Trinajstić information content (AvgIpc) is 2.66. The van der Waals surface area contributed by atoms with Gasteiger partial charge in [-0.2, -0.15) is 0 Å². The number of rotatable bonds is 5. The van der Waals surface area contributed by atoms with Crippen molar-refractivity contribution in [3.8, 4) is 0 Å². The first-order chi connectivity index (χ1) is 7.19. The Labute approximate surface area is 90.5 Å². The fourth-order valence-electron chi connectivity index (χ4n) is 1.89. The van der Waals surface area contributed by atoms with E-state index in [9.17, 15) is 4.79 Å². The van der Waals surface area contributed by atoms with Crippen LogP contribution in [0, 0.1) is 5.92 Å². The van der Waals surface area contributed by atoms with Gasteiger partial charge in [-0.25, -0.2) is 0 Å². The molecule has 1 fully saturated rings. The van der Waals surface area contributed by atoms with Crippen LogP contribution in [0.4, 0.5) is 0 Å². The molecule has 5 heteroatoms. The number of carbonyl (C=O) groups excluding carboxylic acids is 1. The van der Waals surface area contributed by atoms with E-state index in [2.05, 4.69) is 0 Å². The minimum atomic E-state index is -0.531. The van der Waals surface area contributed by atoms with Gasteiger partial charge < -0.3 is 20.1 Å². The first kappa shape index (κ1) is 12.4. The van der Waals surface area contributed by atoms with Crippen LogP contribution >= 0.6 is 0 Å². The second-order valence-electron chi connectivity index (χ2n) is 3.96. The third kappa shape index (κ3) is 3.44. The quantitative estimate of drug-likeness (QED) is 0.670. The van der Waals surface area contributed by atoms with Crippen molar-refractivity contribution in [1.82, 2.24) is 4.90 Å². The molecule has 5 nitrogen and oxygen atoms in total. The largest absolute Gasteiger partial charge is 0.384 e. The summed E-state index contributed by atoms with van der Waals surface area (Å²) in [6.45, 7) is 2.53. The molecule has 88 valence electrons. The summed E-state index contributed by atoms with van der Waals surface area (Å²) in [4.78, 5) is 13.6. The Morgan fingerprint density at radius 3 is 2.87 bits per heavy atom. The maximum absolute atomic E-state index is 11.8. The van der Waals surface area contributed by atoms with Crippen LogP contribution in [0.1, 0.15) is 6.42 Å². The minimum absolute atomic E-state index is 0.0181. The van der Waals surface area contributed by atoms with E-state index < -0.39 is 6.04 Å². The molecule has 0 saturated carbocycles. The fraction of sp³-hybridized carbons (Fsp3) is 0.900. The van der Waals surface area contributed by atoms with E-state index in [-0.39, 0.29) is 12.5 Å². The molecule has 15 heavy (non-hydrogen) atoms. The molecule has 0 radical (unpaired) electrons. The molecule has 0 aliphatic carbocycles. The number of hydrogen-bond acceptors (Lipinski definition) is 4. The van der Waals surface area contributed by atoms with Gasteiger partial charge >= 0.3 is 0 Å². The van der Waals surface area contributed by atoms with Gasteiger partial charge in [-0.05, 0) is 6.42 Å². The van der Waals surface area contributed by atoms with Crippen LogP contribution in [0.25, 0.3) is 0 Å². The number of methoxy groups -OCH3 is 2. The molecular formula is C10H20N2O3. The van der Waals surface area contributed by atoms with Crippen molar-refractivity contribution in [3.63, 3.8) is 0 Å². The molecule has 1 aliphatic heterocycles.